The van der Waals surface area contributed by atoms with Crippen LogP contribution in [0.4, 0.5) is 5.69 Å². The summed E-state index contributed by atoms with van der Waals surface area (Å²) in [6.07, 6.45) is 8.22. The average Bonchev–Trinajstić information content (AvgIpc) is 3.18. The molecule has 0 aliphatic heterocycles. The highest BCUT2D eigenvalue weighted by Crippen LogP contribution is 2.28. The van der Waals surface area contributed by atoms with Gasteiger partial charge in [0.05, 0.1) is 6.20 Å². The zero-order valence-corrected chi connectivity index (χ0v) is 15.4. The van der Waals surface area contributed by atoms with Crippen molar-refractivity contribution in [1.82, 2.24) is 4.98 Å². The van der Waals surface area contributed by atoms with Crippen molar-refractivity contribution >= 4 is 11.6 Å². The first-order chi connectivity index (χ1) is 13.3. The molecule has 1 aliphatic carbocycles. The Balaban J connectivity index is 1.30. The Morgan fingerprint density at radius 1 is 1.04 bits per heavy atom. The van der Waals surface area contributed by atoms with Crippen molar-refractivity contribution in [2.45, 2.75) is 44.9 Å². The van der Waals surface area contributed by atoms with Gasteiger partial charge in [-0.15, -0.1) is 0 Å². The SMILES string of the molecule is O=C(CCCc1ncc(-c2ccccc2)o1)Nc1cccc2c1CCCC2. The molecule has 0 bridgehead atoms. The Morgan fingerprint density at radius 2 is 1.89 bits per heavy atom. The number of amides is 1. The topological polar surface area (TPSA) is 55.1 Å². The summed E-state index contributed by atoms with van der Waals surface area (Å²) < 4.78 is 5.80. The third-order valence-corrected chi connectivity index (χ3v) is 5.08. The van der Waals surface area contributed by atoms with Gasteiger partial charge in [0.1, 0.15) is 0 Å². The normalized spacial score (nSPS) is 13.2. The molecule has 1 N–H and O–H groups in total. The van der Waals surface area contributed by atoms with Gasteiger partial charge in [0.15, 0.2) is 11.7 Å². The summed E-state index contributed by atoms with van der Waals surface area (Å²) in [5.74, 6) is 1.51. The van der Waals surface area contributed by atoms with Crippen LogP contribution in [0.25, 0.3) is 11.3 Å². The molecular weight excluding hydrogens is 336 g/mol. The number of fused-ring (bicyclic) bond motifs is 1. The van der Waals surface area contributed by atoms with Gasteiger partial charge in [0.25, 0.3) is 0 Å². The number of carbonyl (C=O) groups excluding carboxylic acids is 1. The number of aryl methyl sites for hydroxylation is 2. The summed E-state index contributed by atoms with van der Waals surface area (Å²) in [7, 11) is 0. The lowest BCUT2D eigenvalue weighted by atomic mass is 9.90. The first kappa shape index (κ1) is 17.5. The summed E-state index contributed by atoms with van der Waals surface area (Å²) >= 11 is 0. The Bertz CT molecular complexity index is 915. The zero-order chi connectivity index (χ0) is 18.5. The Hall–Kier alpha value is -2.88. The maximum Gasteiger partial charge on any atom is 0.224 e. The standard InChI is InChI=1S/C23H24N2O2/c26-22(25-20-13-6-11-17-8-4-5-12-19(17)20)14-7-15-23-24-16-21(27-23)18-9-2-1-3-10-18/h1-3,6,9-11,13,16H,4-5,7-8,12,14-15H2,(H,25,26). The van der Waals surface area contributed by atoms with Crippen molar-refractivity contribution < 1.29 is 9.21 Å². The summed E-state index contributed by atoms with van der Waals surface area (Å²) in [5.41, 5.74) is 4.70. The molecular formula is C23H24N2O2. The number of hydrogen-bond acceptors (Lipinski definition) is 3. The molecule has 27 heavy (non-hydrogen) atoms. The van der Waals surface area contributed by atoms with Gasteiger partial charge >= 0.3 is 0 Å². The first-order valence-electron chi connectivity index (χ1n) is 9.70. The predicted molar refractivity (Wildman–Crippen MR) is 107 cm³/mol. The fourth-order valence-corrected chi connectivity index (χ4v) is 3.67. The molecule has 4 nitrogen and oxygen atoms in total. The highest BCUT2D eigenvalue weighted by molar-refractivity contribution is 5.91. The van der Waals surface area contributed by atoms with E-state index in [9.17, 15) is 4.79 Å². The molecule has 138 valence electrons. The van der Waals surface area contributed by atoms with E-state index in [1.165, 1.54) is 24.0 Å². The molecule has 1 amide bonds. The van der Waals surface area contributed by atoms with Crippen molar-refractivity contribution in [3.63, 3.8) is 0 Å². The van der Waals surface area contributed by atoms with E-state index in [0.717, 1.165) is 36.3 Å². The van der Waals surface area contributed by atoms with Gasteiger partial charge < -0.3 is 9.73 Å². The lowest BCUT2D eigenvalue weighted by Crippen LogP contribution is -2.15. The molecule has 2 aromatic carbocycles. The quantitative estimate of drug-likeness (QED) is 0.659. The Labute approximate surface area is 159 Å². The molecule has 1 heterocycles. The fraction of sp³-hybridized carbons (Fsp3) is 0.304. The first-order valence-corrected chi connectivity index (χ1v) is 9.70. The van der Waals surface area contributed by atoms with Crippen LogP contribution in [0.2, 0.25) is 0 Å². The van der Waals surface area contributed by atoms with Crippen molar-refractivity contribution in [1.29, 1.82) is 0 Å². The second kappa shape index (κ2) is 8.21. The van der Waals surface area contributed by atoms with E-state index in [1.54, 1.807) is 6.20 Å². The molecule has 0 unspecified atom stereocenters. The lowest BCUT2D eigenvalue weighted by Gasteiger charge is -2.19. The van der Waals surface area contributed by atoms with Crippen LogP contribution in [0.3, 0.4) is 0 Å². The Morgan fingerprint density at radius 3 is 2.78 bits per heavy atom. The molecule has 0 saturated carbocycles. The lowest BCUT2D eigenvalue weighted by molar-refractivity contribution is -0.116. The number of nitrogens with zero attached hydrogens (tertiary/aromatic N) is 1. The van der Waals surface area contributed by atoms with Crippen LogP contribution < -0.4 is 5.32 Å². The largest absolute Gasteiger partial charge is 0.441 e. The van der Waals surface area contributed by atoms with Crippen molar-refractivity contribution in [3.8, 4) is 11.3 Å². The molecule has 3 aromatic rings. The number of oxazole rings is 1. The molecule has 4 heteroatoms. The Kier molecular flexibility index (Phi) is 5.33. The van der Waals surface area contributed by atoms with Crippen LogP contribution in [-0.2, 0) is 24.1 Å². The highest BCUT2D eigenvalue weighted by Gasteiger charge is 2.14. The molecule has 4 rings (SSSR count). The smallest absolute Gasteiger partial charge is 0.224 e. The van der Waals surface area contributed by atoms with Gasteiger partial charge in [0, 0.05) is 24.1 Å². The van der Waals surface area contributed by atoms with Gasteiger partial charge in [-0.3, -0.25) is 4.79 Å². The summed E-state index contributed by atoms with van der Waals surface area (Å²) in [5, 5.41) is 3.10. The number of nitrogens with one attached hydrogen (secondary N) is 1. The molecule has 0 atom stereocenters. The molecule has 1 aliphatic rings. The second-order valence-electron chi connectivity index (χ2n) is 7.04. The van der Waals surface area contributed by atoms with E-state index >= 15 is 0 Å². The number of anilines is 1. The molecule has 0 fully saturated rings. The monoisotopic (exact) mass is 360 g/mol. The van der Waals surface area contributed by atoms with E-state index in [-0.39, 0.29) is 5.91 Å². The zero-order valence-electron chi connectivity index (χ0n) is 15.4. The van der Waals surface area contributed by atoms with Crippen LogP contribution in [0, 0.1) is 0 Å². The van der Waals surface area contributed by atoms with E-state index in [1.807, 2.05) is 42.5 Å². The van der Waals surface area contributed by atoms with E-state index < -0.39 is 0 Å². The summed E-state index contributed by atoms with van der Waals surface area (Å²) in [6.45, 7) is 0. The van der Waals surface area contributed by atoms with Crippen LogP contribution in [-0.4, -0.2) is 10.9 Å². The van der Waals surface area contributed by atoms with Crippen LogP contribution in [0.1, 0.15) is 42.7 Å². The van der Waals surface area contributed by atoms with Crippen LogP contribution in [0.5, 0.6) is 0 Å². The minimum atomic E-state index is 0.0591. The minimum Gasteiger partial charge on any atom is -0.441 e. The maximum atomic E-state index is 12.4. The highest BCUT2D eigenvalue weighted by atomic mass is 16.4. The van der Waals surface area contributed by atoms with Gasteiger partial charge in [0.2, 0.25) is 5.91 Å². The molecule has 1 aromatic heterocycles. The minimum absolute atomic E-state index is 0.0591. The van der Waals surface area contributed by atoms with Crippen molar-refractivity contribution in [2.75, 3.05) is 5.32 Å². The van der Waals surface area contributed by atoms with Crippen LogP contribution >= 0.6 is 0 Å². The van der Waals surface area contributed by atoms with Gasteiger partial charge in [-0.25, -0.2) is 4.98 Å². The van der Waals surface area contributed by atoms with Gasteiger partial charge in [-0.2, -0.15) is 0 Å². The number of rotatable bonds is 6. The van der Waals surface area contributed by atoms with E-state index in [2.05, 4.69) is 16.4 Å². The van der Waals surface area contributed by atoms with Crippen molar-refractivity contribution in [2.24, 2.45) is 0 Å². The molecule has 0 spiro atoms. The third kappa shape index (κ3) is 4.27. The second-order valence-corrected chi connectivity index (χ2v) is 7.04. The fourth-order valence-electron chi connectivity index (χ4n) is 3.67. The van der Waals surface area contributed by atoms with Crippen LogP contribution in [0.15, 0.2) is 59.1 Å². The van der Waals surface area contributed by atoms with Crippen molar-refractivity contribution in [3.05, 3.63) is 71.7 Å². The molecule has 0 saturated heterocycles. The number of aromatic nitrogens is 1. The average molecular weight is 360 g/mol. The summed E-state index contributed by atoms with van der Waals surface area (Å²) in [6, 6.07) is 16.2. The number of hydrogen-bond donors (Lipinski definition) is 1. The third-order valence-electron chi connectivity index (χ3n) is 5.08. The van der Waals surface area contributed by atoms with E-state index in [0.29, 0.717) is 18.7 Å². The number of carbonyl (C=O) groups is 1. The van der Waals surface area contributed by atoms with Gasteiger partial charge in [-0.1, -0.05) is 42.5 Å². The maximum absolute atomic E-state index is 12.4. The van der Waals surface area contributed by atoms with Gasteiger partial charge in [-0.05, 0) is 49.3 Å². The summed E-state index contributed by atoms with van der Waals surface area (Å²) in [4.78, 5) is 16.7. The predicted octanol–water partition coefficient (Wildman–Crippen LogP) is 5.18. The number of benzene rings is 2. The molecule has 0 radical (unpaired) electrons. The van der Waals surface area contributed by atoms with E-state index in [4.69, 9.17) is 4.42 Å².